The van der Waals surface area contributed by atoms with Gasteiger partial charge in [-0.25, -0.2) is 8.42 Å². The van der Waals surface area contributed by atoms with Crippen LogP contribution in [-0.4, -0.2) is 58.1 Å². The Labute approximate surface area is 188 Å². The topological polar surface area (TPSA) is 92.8 Å². The highest BCUT2D eigenvalue weighted by Gasteiger charge is 2.10. The number of halogens is 1. The molecule has 0 fully saturated rings. The van der Waals surface area contributed by atoms with Gasteiger partial charge < -0.3 is 15.0 Å². The number of benzene rings is 2. The molecule has 0 unspecified atom stereocenters. The number of nitrogens with zero attached hydrogens (tertiary/aromatic N) is 1. The van der Waals surface area contributed by atoms with Gasteiger partial charge in [0.25, 0.3) is 5.91 Å². The highest BCUT2D eigenvalue weighted by atomic mass is 35.5. The molecule has 1 N–H and O–H groups in total. The van der Waals surface area contributed by atoms with Crippen LogP contribution in [0.15, 0.2) is 53.4 Å². The fourth-order valence-electron chi connectivity index (χ4n) is 2.75. The third-order valence-corrected chi connectivity index (χ3v) is 5.89. The zero-order valence-corrected chi connectivity index (χ0v) is 19.2. The number of sulfone groups is 1. The summed E-state index contributed by atoms with van der Waals surface area (Å²) in [5.41, 5.74) is 0.523. The van der Waals surface area contributed by atoms with E-state index in [1.165, 1.54) is 12.1 Å². The number of amides is 2. The van der Waals surface area contributed by atoms with Crippen LogP contribution in [0.1, 0.15) is 29.6 Å². The molecule has 0 radical (unpaired) electrons. The number of rotatable bonds is 11. The highest BCUT2D eigenvalue weighted by Crippen LogP contribution is 2.17. The summed E-state index contributed by atoms with van der Waals surface area (Å²) in [6, 6.07) is 12.9. The van der Waals surface area contributed by atoms with Crippen LogP contribution in [0.5, 0.6) is 5.75 Å². The number of carbonyl (C=O) groups is 2. The zero-order chi connectivity index (χ0) is 22.9. The van der Waals surface area contributed by atoms with E-state index in [1.54, 1.807) is 48.3 Å². The van der Waals surface area contributed by atoms with Crippen molar-refractivity contribution in [3.05, 3.63) is 59.1 Å². The lowest BCUT2D eigenvalue weighted by Gasteiger charge is -2.17. The first-order chi connectivity index (χ1) is 14.7. The van der Waals surface area contributed by atoms with Crippen molar-refractivity contribution in [2.75, 3.05) is 33.0 Å². The molecule has 0 saturated heterocycles. The second kappa shape index (κ2) is 11.7. The monoisotopic (exact) mass is 466 g/mol. The van der Waals surface area contributed by atoms with Gasteiger partial charge >= 0.3 is 0 Å². The molecule has 0 heterocycles. The second-order valence-electron chi connectivity index (χ2n) is 7.13. The van der Waals surface area contributed by atoms with Gasteiger partial charge in [-0.15, -0.1) is 0 Å². The van der Waals surface area contributed by atoms with Gasteiger partial charge in [0.15, 0.2) is 9.84 Å². The maximum Gasteiger partial charge on any atom is 0.251 e. The molecule has 2 amide bonds. The number of hydrogen-bond donors (Lipinski definition) is 1. The van der Waals surface area contributed by atoms with Gasteiger partial charge in [-0.2, -0.15) is 0 Å². The fourth-order valence-corrected chi connectivity index (χ4v) is 3.53. The number of hydrogen-bond acceptors (Lipinski definition) is 5. The van der Waals surface area contributed by atoms with Crippen LogP contribution in [0.3, 0.4) is 0 Å². The summed E-state index contributed by atoms with van der Waals surface area (Å²) in [5.74, 6) is 0.266. The van der Waals surface area contributed by atoms with Crippen molar-refractivity contribution in [3.8, 4) is 5.75 Å². The standard InChI is InChI=1S/C22H27ClN2O5S/c1-25(14-5-15-30-19-6-3-7-20(16-19)31(2,28)29)21(26)8-4-13-24-22(27)17-9-11-18(23)12-10-17/h3,6-7,9-12,16H,4-5,8,13-15H2,1-2H3,(H,24,27). The summed E-state index contributed by atoms with van der Waals surface area (Å²) in [6.45, 7) is 1.28. The molecule has 0 saturated carbocycles. The van der Waals surface area contributed by atoms with Crippen molar-refractivity contribution in [1.82, 2.24) is 10.2 Å². The average molecular weight is 467 g/mol. The van der Waals surface area contributed by atoms with E-state index < -0.39 is 9.84 Å². The first kappa shape index (κ1) is 24.7. The molecular weight excluding hydrogens is 440 g/mol. The summed E-state index contributed by atoms with van der Waals surface area (Å²) in [7, 11) is -1.56. The van der Waals surface area contributed by atoms with Gasteiger partial charge in [-0.3, -0.25) is 9.59 Å². The predicted molar refractivity (Wildman–Crippen MR) is 120 cm³/mol. The van der Waals surface area contributed by atoms with E-state index in [0.717, 1.165) is 6.26 Å². The Balaban J connectivity index is 1.63. The maximum atomic E-state index is 12.2. The lowest BCUT2D eigenvalue weighted by Crippen LogP contribution is -2.30. The van der Waals surface area contributed by atoms with Crippen LogP contribution in [-0.2, 0) is 14.6 Å². The second-order valence-corrected chi connectivity index (χ2v) is 9.58. The number of nitrogens with one attached hydrogen (secondary N) is 1. The van der Waals surface area contributed by atoms with Gasteiger partial charge in [-0.1, -0.05) is 17.7 Å². The number of carbonyl (C=O) groups excluding carboxylic acids is 2. The Hall–Kier alpha value is -2.58. The zero-order valence-electron chi connectivity index (χ0n) is 17.6. The Morgan fingerprint density at radius 3 is 2.48 bits per heavy atom. The number of ether oxygens (including phenoxy) is 1. The van der Waals surface area contributed by atoms with Crippen LogP contribution in [0, 0.1) is 0 Å². The van der Waals surface area contributed by atoms with Crippen molar-refractivity contribution in [3.63, 3.8) is 0 Å². The summed E-state index contributed by atoms with van der Waals surface area (Å²) < 4.78 is 28.8. The summed E-state index contributed by atoms with van der Waals surface area (Å²) in [5, 5.41) is 3.35. The molecule has 2 aromatic rings. The highest BCUT2D eigenvalue weighted by molar-refractivity contribution is 7.90. The lowest BCUT2D eigenvalue weighted by atomic mass is 10.2. The van der Waals surface area contributed by atoms with E-state index >= 15 is 0 Å². The molecule has 0 aliphatic rings. The predicted octanol–water partition coefficient (Wildman–Crippen LogP) is 3.18. The van der Waals surface area contributed by atoms with Gasteiger partial charge in [-0.05, 0) is 55.3 Å². The third-order valence-electron chi connectivity index (χ3n) is 4.53. The molecule has 7 nitrogen and oxygen atoms in total. The minimum Gasteiger partial charge on any atom is -0.493 e. The van der Waals surface area contributed by atoms with Crippen molar-refractivity contribution in [1.29, 1.82) is 0 Å². The van der Waals surface area contributed by atoms with Crippen molar-refractivity contribution < 1.29 is 22.7 Å². The first-order valence-corrected chi connectivity index (χ1v) is 12.1. The fraction of sp³-hybridized carbons (Fsp3) is 0.364. The molecule has 0 aromatic heterocycles. The molecule has 0 aliphatic carbocycles. The van der Waals surface area contributed by atoms with Crippen LogP contribution in [0.4, 0.5) is 0 Å². The van der Waals surface area contributed by atoms with Gasteiger partial charge in [0.05, 0.1) is 11.5 Å². The van der Waals surface area contributed by atoms with E-state index in [-0.39, 0.29) is 16.7 Å². The Morgan fingerprint density at radius 1 is 1.10 bits per heavy atom. The van der Waals surface area contributed by atoms with Crippen molar-refractivity contribution in [2.45, 2.75) is 24.2 Å². The lowest BCUT2D eigenvalue weighted by molar-refractivity contribution is -0.130. The summed E-state index contributed by atoms with van der Waals surface area (Å²) in [4.78, 5) is 26.0. The Morgan fingerprint density at radius 2 is 1.81 bits per heavy atom. The third kappa shape index (κ3) is 8.59. The van der Waals surface area contributed by atoms with E-state index in [9.17, 15) is 18.0 Å². The quantitative estimate of drug-likeness (QED) is 0.513. The Kier molecular flexibility index (Phi) is 9.33. The SMILES string of the molecule is CN(CCCOc1cccc(S(C)(=O)=O)c1)C(=O)CCCNC(=O)c1ccc(Cl)cc1. The molecule has 168 valence electrons. The first-order valence-electron chi connectivity index (χ1n) is 9.87. The largest absolute Gasteiger partial charge is 0.493 e. The van der Waals surface area contributed by atoms with Crippen LogP contribution in [0.25, 0.3) is 0 Å². The van der Waals surface area contributed by atoms with E-state index in [0.29, 0.717) is 55.3 Å². The van der Waals surface area contributed by atoms with Gasteiger partial charge in [0.2, 0.25) is 5.91 Å². The molecule has 0 bridgehead atoms. The minimum atomic E-state index is -3.28. The van der Waals surface area contributed by atoms with Crippen LogP contribution < -0.4 is 10.1 Å². The average Bonchev–Trinajstić information content (AvgIpc) is 2.74. The molecule has 31 heavy (non-hydrogen) atoms. The molecule has 9 heteroatoms. The molecule has 0 spiro atoms. The van der Waals surface area contributed by atoms with E-state index in [4.69, 9.17) is 16.3 Å². The summed E-state index contributed by atoms with van der Waals surface area (Å²) in [6.07, 6.45) is 2.63. The van der Waals surface area contributed by atoms with Gasteiger partial charge in [0.1, 0.15) is 5.75 Å². The van der Waals surface area contributed by atoms with Crippen molar-refractivity contribution >= 4 is 33.3 Å². The molecule has 0 atom stereocenters. The van der Waals surface area contributed by atoms with Crippen LogP contribution in [0.2, 0.25) is 5.02 Å². The molecule has 2 rings (SSSR count). The molecular formula is C22H27ClN2O5S. The maximum absolute atomic E-state index is 12.2. The molecule has 2 aromatic carbocycles. The summed E-state index contributed by atoms with van der Waals surface area (Å²) >= 11 is 5.80. The normalized spacial score (nSPS) is 11.1. The van der Waals surface area contributed by atoms with Crippen LogP contribution >= 0.6 is 11.6 Å². The van der Waals surface area contributed by atoms with Gasteiger partial charge in [0, 0.05) is 43.4 Å². The van der Waals surface area contributed by atoms with E-state index in [2.05, 4.69) is 5.32 Å². The van der Waals surface area contributed by atoms with E-state index in [1.807, 2.05) is 0 Å². The Bertz CT molecular complexity index is 993. The minimum absolute atomic E-state index is 0.0141. The molecule has 0 aliphatic heterocycles. The smallest absolute Gasteiger partial charge is 0.251 e. The van der Waals surface area contributed by atoms with Crippen molar-refractivity contribution in [2.24, 2.45) is 0 Å².